The Kier molecular flexibility index (Phi) is 4.90. The molecule has 2 atom stereocenters. The topological polar surface area (TPSA) is 43.2 Å². The fourth-order valence-corrected chi connectivity index (χ4v) is 4.28. The van der Waals surface area contributed by atoms with Crippen LogP contribution in [0.3, 0.4) is 0 Å². The van der Waals surface area contributed by atoms with E-state index in [4.69, 9.17) is 16.3 Å². The monoisotopic (exact) mass is 391 g/mol. The van der Waals surface area contributed by atoms with Crippen LogP contribution in [0.5, 0.6) is 0 Å². The molecule has 1 aromatic heterocycles. The molecule has 136 valence electrons. The number of thioether (sulfide) groups is 1. The normalized spacial score (nSPS) is 25.0. The fourth-order valence-electron chi connectivity index (χ4n) is 3.36. The molecule has 2 aliphatic rings. The Morgan fingerprint density at radius 2 is 2.19 bits per heavy atom. The maximum atomic E-state index is 13.4. The van der Waals surface area contributed by atoms with Gasteiger partial charge >= 0.3 is 0 Å². The third-order valence-corrected chi connectivity index (χ3v) is 5.96. The zero-order valence-electron chi connectivity index (χ0n) is 14.4. The lowest BCUT2D eigenvalue weighted by molar-refractivity contribution is 0.258. The van der Waals surface area contributed by atoms with Crippen molar-refractivity contribution in [3.05, 3.63) is 64.7 Å². The third kappa shape index (κ3) is 3.21. The Morgan fingerprint density at radius 3 is 2.92 bits per heavy atom. The van der Waals surface area contributed by atoms with Gasteiger partial charge in [0.25, 0.3) is 0 Å². The summed E-state index contributed by atoms with van der Waals surface area (Å²) in [6.07, 6.45) is 7.32. The molecule has 2 heterocycles. The molecule has 0 N–H and O–H groups in total. The van der Waals surface area contributed by atoms with E-state index in [1.54, 1.807) is 30.2 Å². The lowest BCUT2D eigenvalue weighted by atomic mass is 9.89. The molecule has 0 saturated carbocycles. The summed E-state index contributed by atoms with van der Waals surface area (Å²) >= 11 is 8.10. The van der Waals surface area contributed by atoms with E-state index in [-0.39, 0.29) is 11.9 Å². The van der Waals surface area contributed by atoms with Crippen molar-refractivity contribution in [2.45, 2.75) is 43.2 Å². The first-order chi connectivity index (χ1) is 12.6. The van der Waals surface area contributed by atoms with Gasteiger partial charge in [-0.1, -0.05) is 54.6 Å². The Morgan fingerprint density at radius 1 is 1.38 bits per heavy atom. The second-order valence-electron chi connectivity index (χ2n) is 6.33. The fraction of sp³-hybridized carbons (Fsp3) is 0.368. The van der Waals surface area contributed by atoms with Crippen LogP contribution in [-0.4, -0.2) is 26.6 Å². The molecule has 7 heteroatoms. The summed E-state index contributed by atoms with van der Waals surface area (Å²) < 4.78 is 21.5. The third-order valence-electron chi connectivity index (χ3n) is 4.69. The van der Waals surface area contributed by atoms with Crippen LogP contribution in [0.4, 0.5) is 4.39 Å². The lowest BCUT2D eigenvalue weighted by Crippen LogP contribution is -2.23. The summed E-state index contributed by atoms with van der Waals surface area (Å²) in [5, 5.41) is 6.05. The number of benzene rings is 1. The quantitative estimate of drug-likeness (QED) is 0.530. The van der Waals surface area contributed by atoms with Crippen LogP contribution in [0.2, 0.25) is 0 Å². The van der Waals surface area contributed by atoms with Crippen molar-refractivity contribution in [1.29, 1.82) is 0 Å². The highest BCUT2D eigenvalue weighted by Crippen LogP contribution is 2.53. The van der Waals surface area contributed by atoms with Crippen LogP contribution in [-0.2, 0) is 16.9 Å². The van der Waals surface area contributed by atoms with Crippen molar-refractivity contribution < 1.29 is 9.13 Å². The van der Waals surface area contributed by atoms with Gasteiger partial charge in [-0.05, 0) is 41.9 Å². The molecule has 1 saturated heterocycles. The standard InChI is InChI=1S/C19H19ClFN3OS/c1-2-26-18-22-12-23-24(18)11-19(13-7-9-14(21)10-8-13)17(25-19)15-5-3-4-6-16(15)20/h3,5,7-10,12,17H,2,4,6,11H2,1H3. The second-order valence-corrected chi connectivity index (χ2v) is 8.02. The van der Waals surface area contributed by atoms with Gasteiger partial charge in [-0.2, -0.15) is 5.10 Å². The number of hydrogen-bond acceptors (Lipinski definition) is 4. The Balaban J connectivity index is 1.71. The largest absolute Gasteiger partial charge is 0.354 e. The van der Waals surface area contributed by atoms with Gasteiger partial charge in [0.15, 0.2) is 5.16 Å². The summed E-state index contributed by atoms with van der Waals surface area (Å²) in [6.45, 7) is 2.58. The summed E-state index contributed by atoms with van der Waals surface area (Å²) in [7, 11) is 0. The SMILES string of the molecule is CCSc1ncnn1CC1(c2ccc(F)cc2)OC1C1=C(Cl)CCC=C1. The van der Waals surface area contributed by atoms with E-state index in [1.807, 2.05) is 10.8 Å². The molecule has 2 aromatic rings. The van der Waals surface area contributed by atoms with Crippen LogP contribution >= 0.6 is 23.4 Å². The van der Waals surface area contributed by atoms with Crippen molar-refractivity contribution in [2.75, 3.05) is 5.75 Å². The average molecular weight is 392 g/mol. The van der Waals surface area contributed by atoms with Gasteiger partial charge in [0.2, 0.25) is 0 Å². The molecule has 0 radical (unpaired) electrons. The maximum absolute atomic E-state index is 13.4. The number of allylic oxidation sites excluding steroid dienone is 2. The molecule has 0 spiro atoms. The number of epoxide rings is 1. The van der Waals surface area contributed by atoms with Crippen LogP contribution in [0, 0.1) is 5.82 Å². The van der Waals surface area contributed by atoms with Crippen molar-refractivity contribution in [3.63, 3.8) is 0 Å². The molecular formula is C19H19ClFN3OS. The molecule has 2 unspecified atom stereocenters. The number of rotatable bonds is 6. The number of hydrogen-bond donors (Lipinski definition) is 0. The van der Waals surface area contributed by atoms with E-state index in [0.29, 0.717) is 6.54 Å². The highest BCUT2D eigenvalue weighted by Gasteiger charge is 2.60. The first kappa shape index (κ1) is 17.8. The Bertz CT molecular complexity index is 864. The molecule has 1 aromatic carbocycles. The molecule has 1 aliphatic heterocycles. The van der Waals surface area contributed by atoms with Gasteiger partial charge in [0, 0.05) is 5.03 Å². The molecule has 4 nitrogen and oxygen atoms in total. The number of halogens is 2. The molecule has 26 heavy (non-hydrogen) atoms. The zero-order valence-corrected chi connectivity index (χ0v) is 15.9. The zero-order chi connectivity index (χ0) is 18.1. The number of nitrogens with zero attached hydrogens (tertiary/aromatic N) is 3. The number of ether oxygens (including phenoxy) is 1. The van der Waals surface area contributed by atoms with E-state index >= 15 is 0 Å². The van der Waals surface area contributed by atoms with E-state index in [0.717, 1.165) is 39.9 Å². The van der Waals surface area contributed by atoms with Crippen LogP contribution in [0.1, 0.15) is 25.3 Å². The van der Waals surface area contributed by atoms with Crippen molar-refractivity contribution >= 4 is 23.4 Å². The second kappa shape index (κ2) is 7.18. The molecule has 0 amide bonds. The van der Waals surface area contributed by atoms with Gasteiger partial charge in [0.1, 0.15) is 23.8 Å². The molecule has 1 fully saturated rings. The predicted molar refractivity (Wildman–Crippen MR) is 101 cm³/mol. The first-order valence-electron chi connectivity index (χ1n) is 8.63. The van der Waals surface area contributed by atoms with Crippen molar-refractivity contribution in [1.82, 2.24) is 14.8 Å². The van der Waals surface area contributed by atoms with Gasteiger partial charge < -0.3 is 4.74 Å². The highest BCUT2D eigenvalue weighted by atomic mass is 35.5. The minimum atomic E-state index is -0.610. The van der Waals surface area contributed by atoms with E-state index in [9.17, 15) is 4.39 Å². The first-order valence-corrected chi connectivity index (χ1v) is 10.00. The predicted octanol–water partition coefficient (Wildman–Crippen LogP) is 4.67. The number of aromatic nitrogens is 3. The average Bonchev–Trinajstić information content (AvgIpc) is 3.19. The van der Waals surface area contributed by atoms with E-state index in [1.165, 1.54) is 12.1 Å². The molecule has 1 aliphatic carbocycles. The summed E-state index contributed by atoms with van der Waals surface area (Å²) in [5.41, 5.74) is 1.32. The Labute approximate surface area is 161 Å². The summed E-state index contributed by atoms with van der Waals surface area (Å²) in [4.78, 5) is 4.33. The van der Waals surface area contributed by atoms with Gasteiger partial charge in [-0.25, -0.2) is 14.1 Å². The minimum Gasteiger partial charge on any atom is -0.354 e. The summed E-state index contributed by atoms with van der Waals surface area (Å²) in [6, 6.07) is 6.48. The van der Waals surface area contributed by atoms with Gasteiger partial charge in [-0.15, -0.1) is 0 Å². The summed E-state index contributed by atoms with van der Waals surface area (Å²) in [5.74, 6) is 0.644. The van der Waals surface area contributed by atoms with E-state index < -0.39 is 5.60 Å². The molecule has 0 bridgehead atoms. The Hall–Kier alpha value is -1.63. The smallest absolute Gasteiger partial charge is 0.186 e. The van der Waals surface area contributed by atoms with Gasteiger partial charge in [-0.3, -0.25) is 0 Å². The van der Waals surface area contributed by atoms with Gasteiger partial charge in [0.05, 0.1) is 6.54 Å². The maximum Gasteiger partial charge on any atom is 0.186 e. The van der Waals surface area contributed by atoms with Crippen molar-refractivity contribution in [2.24, 2.45) is 0 Å². The highest BCUT2D eigenvalue weighted by molar-refractivity contribution is 7.99. The lowest BCUT2D eigenvalue weighted by Gasteiger charge is -2.17. The van der Waals surface area contributed by atoms with Crippen LogP contribution in [0.25, 0.3) is 0 Å². The minimum absolute atomic E-state index is 0.166. The van der Waals surface area contributed by atoms with Crippen LogP contribution < -0.4 is 0 Å². The molecule has 4 rings (SSSR count). The molecular weight excluding hydrogens is 373 g/mol. The van der Waals surface area contributed by atoms with Crippen molar-refractivity contribution in [3.8, 4) is 0 Å². The van der Waals surface area contributed by atoms with Crippen LogP contribution in [0.15, 0.2) is 58.5 Å². The van der Waals surface area contributed by atoms with E-state index in [2.05, 4.69) is 23.1 Å².